The third-order valence-corrected chi connectivity index (χ3v) is 5.10. The Balaban J connectivity index is 2.05. The van der Waals surface area contributed by atoms with Gasteiger partial charge in [0, 0.05) is 23.7 Å². The Kier molecular flexibility index (Phi) is 6.08. The van der Waals surface area contributed by atoms with E-state index in [0.717, 1.165) is 10.2 Å². The molecule has 0 radical (unpaired) electrons. The number of hydrogen-bond donors (Lipinski definition) is 0. The van der Waals surface area contributed by atoms with Gasteiger partial charge in [-0.2, -0.15) is 4.99 Å². The molecule has 2 aromatic carbocycles. The maximum absolute atomic E-state index is 12.6. The molecule has 0 N–H and O–H groups in total. The van der Waals surface area contributed by atoms with Crippen molar-refractivity contribution in [1.29, 1.82) is 0 Å². The molecule has 7 heteroatoms. The summed E-state index contributed by atoms with van der Waals surface area (Å²) in [5.74, 6) is 0.310. The predicted molar refractivity (Wildman–Crippen MR) is 104 cm³/mol. The summed E-state index contributed by atoms with van der Waals surface area (Å²) in [6.07, 6.45) is 0. The average Bonchev–Trinajstić information content (AvgIpc) is 2.98. The van der Waals surface area contributed by atoms with E-state index in [2.05, 4.69) is 4.99 Å². The molecule has 26 heavy (non-hydrogen) atoms. The molecule has 0 aliphatic rings. The van der Waals surface area contributed by atoms with Gasteiger partial charge in [0.05, 0.1) is 23.9 Å². The van der Waals surface area contributed by atoms with Crippen LogP contribution in [-0.2, 0) is 11.3 Å². The summed E-state index contributed by atoms with van der Waals surface area (Å²) < 4.78 is 13.6. The van der Waals surface area contributed by atoms with Crippen LogP contribution in [0.25, 0.3) is 10.2 Å². The van der Waals surface area contributed by atoms with E-state index < -0.39 is 0 Å². The third-order valence-electron chi connectivity index (χ3n) is 3.82. The molecule has 3 rings (SSSR count). The molecule has 0 saturated heterocycles. The number of aromatic nitrogens is 1. The quantitative estimate of drug-likeness (QED) is 0.594. The molecular formula is C19H19ClN2O3S. The Morgan fingerprint density at radius 1 is 1.27 bits per heavy atom. The van der Waals surface area contributed by atoms with E-state index in [0.29, 0.717) is 40.9 Å². The first-order chi connectivity index (χ1) is 12.6. The van der Waals surface area contributed by atoms with Crippen molar-refractivity contribution in [3.8, 4) is 5.75 Å². The SMILES string of the molecule is CCOCCn1c(=NC(=O)c2cccc(OC)c2)sc2cc(Cl)ccc21. The molecule has 0 saturated carbocycles. The fourth-order valence-corrected chi connectivity index (χ4v) is 3.89. The van der Waals surface area contributed by atoms with Gasteiger partial charge in [-0.15, -0.1) is 0 Å². The summed E-state index contributed by atoms with van der Waals surface area (Å²) in [4.78, 5) is 17.6. The number of amides is 1. The molecule has 136 valence electrons. The van der Waals surface area contributed by atoms with Gasteiger partial charge in [-0.1, -0.05) is 29.0 Å². The van der Waals surface area contributed by atoms with Gasteiger partial charge in [0.25, 0.3) is 5.91 Å². The van der Waals surface area contributed by atoms with Crippen LogP contribution in [-0.4, -0.2) is 30.8 Å². The van der Waals surface area contributed by atoms with Crippen LogP contribution < -0.4 is 9.54 Å². The maximum atomic E-state index is 12.6. The van der Waals surface area contributed by atoms with Crippen LogP contribution in [0.2, 0.25) is 5.02 Å². The molecule has 0 fully saturated rings. The number of ether oxygens (including phenoxy) is 2. The van der Waals surface area contributed by atoms with E-state index in [1.54, 1.807) is 31.4 Å². The van der Waals surface area contributed by atoms with Gasteiger partial charge in [-0.3, -0.25) is 4.79 Å². The van der Waals surface area contributed by atoms with Crippen molar-refractivity contribution in [3.05, 3.63) is 57.9 Å². The van der Waals surface area contributed by atoms with Crippen LogP contribution in [0.3, 0.4) is 0 Å². The second kappa shape index (κ2) is 8.49. The topological polar surface area (TPSA) is 52.8 Å². The Morgan fingerprint density at radius 3 is 2.88 bits per heavy atom. The first kappa shape index (κ1) is 18.6. The van der Waals surface area contributed by atoms with Crippen molar-refractivity contribution in [3.63, 3.8) is 0 Å². The van der Waals surface area contributed by atoms with Crippen LogP contribution in [0, 0.1) is 0 Å². The summed E-state index contributed by atoms with van der Waals surface area (Å²) in [5, 5.41) is 0.654. The lowest BCUT2D eigenvalue weighted by Crippen LogP contribution is -2.19. The number of nitrogens with zero attached hydrogens (tertiary/aromatic N) is 2. The molecule has 0 aliphatic heterocycles. The number of fused-ring (bicyclic) bond motifs is 1. The number of benzene rings is 2. The van der Waals surface area contributed by atoms with Crippen LogP contribution in [0.5, 0.6) is 5.75 Å². The molecule has 0 bridgehead atoms. The monoisotopic (exact) mass is 390 g/mol. The molecule has 3 aromatic rings. The van der Waals surface area contributed by atoms with E-state index in [1.807, 2.05) is 29.7 Å². The maximum Gasteiger partial charge on any atom is 0.279 e. The molecule has 1 amide bonds. The van der Waals surface area contributed by atoms with Crippen LogP contribution in [0.1, 0.15) is 17.3 Å². The molecular weight excluding hydrogens is 372 g/mol. The summed E-state index contributed by atoms with van der Waals surface area (Å²) in [6, 6.07) is 12.6. The van der Waals surface area contributed by atoms with E-state index >= 15 is 0 Å². The van der Waals surface area contributed by atoms with Crippen molar-refractivity contribution >= 4 is 39.1 Å². The molecule has 0 spiro atoms. The number of methoxy groups -OCH3 is 1. The minimum Gasteiger partial charge on any atom is -0.497 e. The standard InChI is InChI=1S/C19H19ClN2O3S/c1-3-25-10-9-22-16-8-7-14(20)12-17(16)26-19(22)21-18(23)13-5-4-6-15(11-13)24-2/h4-8,11-12H,3,9-10H2,1-2H3. The second-order valence-electron chi connectivity index (χ2n) is 5.49. The number of carbonyl (C=O) groups is 1. The van der Waals surface area contributed by atoms with E-state index in [-0.39, 0.29) is 5.91 Å². The van der Waals surface area contributed by atoms with E-state index in [9.17, 15) is 4.79 Å². The average molecular weight is 391 g/mol. The Morgan fingerprint density at radius 2 is 2.12 bits per heavy atom. The van der Waals surface area contributed by atoms with E-state index in [1.165, 1.54) is 11.3 Å². The van der Waals surface area contributed by atoms with Gasteiger partial charge in [0.2, 0.25) is 0 Å². The van der Waals surface area contributed by atoms with E-state index in [4.69, 9.17) is 21.1 Å². The Hall–Kier alpha value is -2.15. The Labute approximate surface area is 160 Å². The van der Waals surface area contributed by atoms with Gasteiger partial charge >= 0.3 is 0 Å². The highest BCUT2D eigenvalue weighted by atomic mass is 35.5. The highest BCUT2D eigenvalue weighted by Gasteiger charge is 2.10. The number of carbonyl (C=O) groups excluding carboxylic acids is 1. The van der Waals surface area contributed by atoms with Crippen molar-refractivity contribution in [1.82, 2.24) is 4.57 Å². The molecule has 1 aromatic heterocycles. The van der Waals surface area contributed by atoms with Crippen LogP contribution in [0.15, 0.2) is 47.5 Å². The van der Waals surface area contributed by atoms with Crippen molar-refractivity contribution in [2.24, 2.45) is 4.99 Å². The lowest BCUT2D eigenvalue weighted by molar-refractivity contribution is 0.0996. The highest BCUT2D eigenvalue weighted by Crippen LogP contribution is 2.22. The number of hydrogen-bond acceptors (Lipinski definition) is 4. The van der Waals surface area contributed by atoms with Crippen molar-refractivity contribution in [2.75, 3.05) is 20.3 Å². The molecule has 1 heterocycles. The number of rotatable bonds is 6. The van der Waals surface area contributed by atoms with Gasteiger partial charge in [0.1, 0.15) is 5.75 Å². The minimum atomic E-state index is -0.313. The smallest absolute Gasteiger partial charge is 0.279 e. The lowest BCUT2D eigenvalue weighted by Gasteiger charge is -2.05. The van der Waals surface area contributed by atoms with Crippen LogP contribution in [0.4, 0.5) is 0 Å². The molecule has 0 aliphatic carbocycles. The van der Waals surface area contributed by atoms with Gasteiger partial charge in [-0.25, -0.2) is 0 Å². The summed E-state index contributed by atoms with van der Waals surface area (Å²) in [5.41, 5.74) is 1.47. The number of thiazole rings is 1. The van der Waals surface area contributed by atoms with Gasteiger partial charge in [-0.05, 0) is 43.3 Å². The summed E-state index contributed by atoms with van der Waals surface area (Å²) >= 11 is 7.54. The molecule has 0 unspecified atom stereocenters. The minimum absolute atomic E-state index is 0.313. The largest absolute Gasteiger partial charge is 0.497 e. The third kappa shape index (κ3) is 4.15. The zero-order valence-electron chi connectivity index (χ0n) is 14.6. The summed E-state index contributed by atoms with van der Waals surface area (Å²) in [6.45, 7) is 3.75. The van der Waals surface area contributed by atoms with Crippen molar-refractivity contribution < 1.29 is 14.3 Å². The first-order valence-corrected chi connectivity index (χ1v) is 9.41. The normalized spacial score (nSPS) is 11.9. The lowest BCUT2D eigenvalue weighted by atomic mass is 10.2. The zero-order chi connectivity index (χ0) is 18.5. The predicted octanol–water partition coefficient (Wildman–Crippen LogP) is 4.14. The highest BCUT2D eigenvalue weighted by molar-refractivity contribution is 7.16. The fourth-order valence-electron chi connectivity index (χ4n) is 2.56. The molecule has 5 nitrogen and oxygen atoms in total. The number of halogens is 1. The summed E-state index contributed by atoms with van der Waals surface area (Å²) in [7, 11) is 1.57. The second-order valence-corrected chi connectivity index (χ2v) is 6.94. The molecule has 0 atom stereocenters. The Bertz CT molecular complexity index is 994. The van der Waals surface area contributed by atoms with Gasteiger partial charge in [0.15, 0.2) is 4.80 Å². The fraction of sp³-hybridized carbons (Fsp3) is 0.263. The van der Waals surface area contributed by atoms with Crippen LogP contribution >= 0.6 is 22.9 Å². The van der Waals surface area contributed by atoms with Gasteiger partial charge < -0.3 is 14.0 Å². The van der Waals surface area contributed by atoms with Crippen molar-refractivity contribution in [2.45, 2.75) is 13.5 Å². The zero-order valence-corrected chi connectivity index (χ0v) is 16.1. The first-order valence-electron chi connectivity index (χ1n) is 8.22.